The first-order chi connectivity index (χ1) is 19.4. The number of hydrogen-bond acceptors (Lipinski definition) is 0. The summed E-state index contributed by atoms with van der Waals surface area (Å²) in [5, 5.41) is 0. The topological polar surface area (TPSA) is 0 Å². The quantitative estimate of drug-likeness (QED) is 0.354. The molecular weight excluding hydrogens is 492 g/mol. The molecular formula is C41H60. The van der Waals surface area contributed by atoms with Crippen molar-refractivity contribution in [2.75, 3.05) is 0 Å². The summed E-state index contributed by atoms with van der Waals surface area (Å²) in [4.78, 5) is 0. The maximum absolute atomic E-state index is 2.64. The van der Waals surface area contributed by atoms with E-state index < -0.39 is 0 Å². The Kier molecular flexibility index (Phi) is 8.04. The minimum atomic E-state index is 0.241. The standard InChI is InChI=1S/C41H60/c1-26-23-38-32(28-15-19-30(20-16-28)40(3,4)5)11-9-13-34(38)36(26)25-37-27(2)24-39-33(12-10-14-35(37)39)29-17-21-31(22-18-29)41(6,7)8/h15-22,26-27,32-39H,9-14,23-25H2,1-8H3. The molecule has 4 fully saturated rings. The van der Waals surface area contributed by atoms with Gasteiger partial charge in [0.25, 0.3) is 0 Å². The average molecular weight is 553 g/mol. The van der Waals surface area contributed by atoms with Crippen molar-refractivity contribution >= 4 is 0 Å². The normalized spacial score (nSPS) is 37.6. The molecule has 2 aromatic carbocycles. The van der Waals surface area contributed by atoms with Crippen LogP contribution in [0.1, 0.15) is 147 Å². The van der Waals surface area contributed by atoms with Gasteiger partial charge in [0.2, 0.25) is 0 Å². The second-order valence-corrected chi connectivity index (χ2v) is 17.5. The van der Waals surface area contributed by atoms with Crippen LogP contribution in [0, 0.1) is 47.3 Å². The van der Waals surface area contributed by atoms with Gasteiger partial charge in [0, 0.05) is 0 Å². The van der Waals surface area contributed by atoms with Crippen molar-refractivity contribution in [1.82, 2.24) is 0 Å². The third-order valence-corrected chi connectivity index (χ3v) is 13.0. The van der Waals surface area contributed by atoms with Gasteiger partial charge in [0.1, 0.15) is 0 Å². The van der Waals surface area contributed by atoms with Gasteiger partial charge in [0.15, 0.2) is 0 Å². The molecule has 0 spiro atoms. The maximum Gasteiger partial charge on any atom is -0.0131 e. The van der Waals surface area contributed by atoms with Crippen LogP contribution in [-0.2, 0) is 10.8 Å². The molecule has 0 bridgehead atoms. The van der Waals surface area contributed by atoms with E-state index in [9.17, 15) is 0 Å². The van der Waals surface area contributed by atoms with Gasteiger partial charge in [-0.25, -0.2) is 0 Å². The summed E-state index contributed by atoms with van der Waals surface area (Å²) < 4.78 is 0. The molecule has 0 N–H and O–H groups in total. The van der Waals surface area contributed by atoms with Crippen LogP contribution in [0.15, 0.2) is 48.5 Å². The summed E-state index contributed by atoms with van der Waals surface area (Å²) in [6.45, 7) is 19.3. The van der Waals surface area contributed by atoms with Crippen molar-refractivity contribution in [3.63, 3.8) is 0 Å². The second-order valence-electron chi connectivity index (χ2n) is 17.5. The maximum atomic E-state index is 2.64. The highest BCUT2D eigenvalue weighted by molar-refractivity contribution is 5.32. The van der Waals surface area contributed by atoms with Crippen LogP contribution in [0.3, 0.4) is 0 Å². The van der Waals surface area contributed by atoms with Gasteiger partial charge in [-0.05, 0) is 137 Å². The van der Waals surface area contributed by atoms with Gasteiger partial charge in [-0.2, -0.15) is 0 Å². The second kappa shape index (κ2) is 11.2. The Morgan fingerprint density at radius 1 is 0.512 bits per heavy atom. The molecule has 4 aliphatic rings. The Labute approximate surface area is 253 Å². The van der Waals surface area contributed by atoms with Gasteiger partial charge in [0.05, 0.1) is 0 Å². The predicted molar refractivity (Wildman–Crippen MR) is 177 cm³/mol. The number of fused-ring (bicyclic) bond motifs is 2. The lowest BCUT2D eigenvalue weighted by molar-refractivity contribution is 0.127. The van der Waals surface area contributed by atoms with Crippen molar-refractivity contribution in [2.45, 2.75) is 136 Å². The minimum absolute atomic E-state index is 0.241. The summed E-state index contributed by atoms with van der Waals surface area (Å²) >= 11 is 0. The molecule has 2 aromatic rings. The lowest BCUT2D eigenvalue weighted by Gasteiger charge is -2.40. The first-order valence-corrected chi connectivity index (χ1v) is 17.6. The third-order valence-electron chi connectivity index (χ3n) is 13.0. The molecule has 224 valence electrons. The van der Waals surface area contributed by atoms with Gasteiger partial charge in [-0.3, -0.25) is 0 Å². The monoisotopic (exact) mass is 552 g/mol. The van der Waals surface area contributed by atoms with E-state index in [0.29, 0.717) is 0 Å². The van der Waals surface area contributed by atoms with Crippen molar-refractivity contribution in [3.05, 3.63) is 70.8 Å². The van der Waals surface area contributed by atoms with E-state index in [1.165, 1.54) is 68.9 Å². The molecule has 4 aliphatic carbocycles. The summed E-state index contributed by atoms with van der Waals surface area (Å²) in [5.41, 5.74) is 6.72. The van der Waals surface area contributed by atoms with E-state index in [0.717, 1.165) is 59.2 Å². The zero-order valence-corrected chi connectivity index (χ0v) is 27.8. The largest absolute Gasteiger partial charge is 0.0622 e. The molecule has 41 heavy (non-hydrogen) atoms. The summed E-state index contributed by atoms with van der Waals surface area (Å²) in [6.07, 6.45) is 13.2. The molecule has 6 rings (SSSR count). The van der Waals surface area contributed by atoms with Crippen molar-refractivity contribution < 1.29 is 0 Å². The Bertz CT molecular complexity index is 1060. The van der Waals surface area contributed by atoms with Crippen molar-refractivity contribution in [2.24, 2.45) is 47.3 Å². The summed E-state index contributed by atoms with van der Waals surface area (Å²) in [7, 11) is 0. The Morgan fingerprint density at radius 3 is 1.22 bits per heavy atom. The smallest absolute Gasteiger partial charge is 0.0131 e. The fourth-order valence-electron chi connectivity index (χ4n) is 10.8. The first kappa shape index (κ1) is 29.5. The summed E-state index contributed by atoms with van der Waals surface area (Å²) in [6, 6.07) is 19.8. The van der Waals surface area contributed by atoms with Crippen molar-refractivity contribution in [1.29, 1.82) is 0 Å². The minimum Gasteiger partial charge on any atom is -0.0622 e. The van der Waals surface area contributed by atoms with Crippen molar-refractivity contribution in [3.8, 4) is 0 Å². The highest BCUT2D eigenvalue weighted by atomic mass is 14.6. The zero-order valence-electron chi connectivity index (χ0n) is 27.8. The molecule has 0 heteroatoms. The molecule has 10 atom stereocenters. The highest BCUT2D eigenvalue weighted by Gasteiger charge is 2.51. The first-order valence-electron chi connectivity index (χ1n) is 17.6. The Morgan fingerprint density at radius 2 is 0.878 bits per heavy atom. The van der Waals surface area contributed by atoms with E-state index in [2.05, 4.69) is 104 Å². The van der Waals surface area contributed by atoms with Gasteiger partial charge >= 0.3 is 0 Å². The lowest BCUT2D eigenvalue weighted by atomic mass is 9.65. The molecule has 10 unspecified atom stereocenters. The lowest BCUT2D eigenvalue weighted by Crippen LogP contribution is -2.31. The molecule has 0 amide bonds. The molecule has 0 aromatic heterocycles. The average Bonchev–Trinajstić information content (AvgIpc) is 3.43. The highest BCUT2D eigenvalue weighted by Crippen LogP contribution is 2.60. The number of rotatable bonds is 4. The molecule has 0 nitrogen and oxygen atoms in total. The van der Waals surface area contributed by atoms with Crippen LogP contribution in [0.4, 0.5) is 0 Å². The van der Waals surface area contributed by atoms with E-state index in [1.54, 1.807) is 11.1 Å². The van der Waals surface area contributed by atoms with Gasteiger partial charge < -0.3 is 0 Å². The van der Waals surface area contributed by atoms with Crippen LogP contribution >= 0.6 is 0 Å². The fourth-order valence-corrected chi connectivity index (χ4v) is 10.8. The SMILES string of the molecule is CC1CC2C(c3ccc(C(C)(C)C)cc3)CCCC2C1CC1C(C)CC2C(c3ccc(C(C)(C)C)cc3)CCCC12. The van der Waals surface area contributed by atoms with Crippen LogP contribution in [0.2, 0.25) is 0 Å². The van der Waals surface area contributed by atoms with Crippen LogP contribution in [0.5, 0.6) is 0 Å². The van der Waals surface area contributed by atoms with E-state index in [4.69, 9.17) is 0 Å². The Hall–Kier alpha value is -1.56. The van der Waals surface area contributed by atoms with Gasteiger partial charge in [-0.15, -0.1) is 0 Å². The Balaban J connectivity index is 1.17. The molecule has 4 saturated carbocycles. The van der Waals surface area contributed by atoms with Crippen LogP contribution in [0.25, 0.3) is 0 Å². The van der Waals surface area contributed by atoms with E-state index in [1.807, 2.05) is 0 Å². The van der Waals surface area contributed by atoms with E-state index in [-0.39, 0.29) is 10.8 Å². The number of benzene rings is 2. The molecule has 0 heterocycles. The molecule has 0 radical (unpaired) electrons. The van der Waals surface area contributed by atoms with Gasteiger partial charge in [-0.1, -0.05) is 117 Å². The predicted octanol–water partition coefficient (Wildman–Crippen LogP) is 11.7. The van der Waals surface area contributed by atoms with Crippen LogP contribution in [-0.4, -0.2) is 0 Å². The molecule has 0 aliphatic heterocycles. The summed E-state index contributed by atoms with van der Waals surface area (Å²) in [5.74, 6) is 9.03. The number of hydrogen-bond donors (Lipinski definition) is 0. The van der Waals surface area contributed by atoms with E-state index >= 15 is 0 Å². The fraction of sp³-hybridized carbons (Fsp3) is 0.707. The zero-order chi connectivity index (χ0) is 29.1. The molecule has 0 saturated heterocycles. The van der Waals surface area contributed by atoms with Crippen LogP contribution < -0.4 is 0 Å². The third kappa shape index (κ3) is 5.72.